The van der Waals surface area contributed by atoms with Crippen LogP contribution >= 0.6 is 0 Å². The minimum absolute atomic E-state index is 0.361. The summed E-state index contributed by atoms with van der Waals surface area (Å²) < 4.78 is 0. The third-order valence-corrected chi connectivity index (χ3v) is 3.05. The van der Waals surface area contributed by atoms with Crippen molar-refractivity contribution in [2.75, 3.05) is 0 Å². The summed E-state index contributed by atoms with van der Waals surface area (Å²) in [6, 6.07) is 7.06. The van der Waals surface area contributed by atoms with E-state index in [1.54, 1.807) is 0 Å². The van der Waals surface area contributed by atoms with Gasteiger partial charge in [-0.25, -0.2) is 0 Å². The predicted octanol–water partition coefficient (Wildman–Crippen LogP) is 2.92. The molecule has 1 fully saturated rings. The average Bonchev–Trinajstić information content (AvgIpc) is 3.03. The molecule has 15 heavy (non-hydrogen) atoms. The highest BCUT2D eigenvalue weighted by molar-refractivity contribution is 5.07. The molecule has 0 aromatic carbocycles. The summed E-state index contributed by atoms with van der Waals surface area (Å²) >= 11 is 0. The van der Waals surface area contributed by atoms with Crippen LogP contribution in [0, 0.1) is 5.92 Å². The van der Waals surface area contributed by atoms with Crippen molar-refractivity contribution in [3.05, 3.63) is 30.1 Å². The summed E-state index contributed by atoms with van der Waals surface area (Å²) in [4.78, 5) is 4.36. The Morgan fingerprint density at radius 3 is 2.80 bits per heavy atom. The second-order valence-corrected chi connectivity index (χ2v) is 4.72. The second-order valence-electron chi connectivity index (χ2n) is 4.72. The SMILES string of the molecule is CC(CC1CC1)N[C@@H](C)c1ccccn1. The maximum Gasteiger partial charge on any atom is 0.0570 e. The van der Waals surface area contributed by atoms with Crippen LogP contribution < -0.4 is 5.32 Å². The fraction of sp³-hybridized carbons (Fsp3) is 0.615. The molecule has 0 amide bonds. The van der Waals surface area contributed by atoms with E-state index in [9.17, 15) is 0 Å². The zero-order valence-corrected chi connectivity index (χ0v) is 9.61. The van der Waals surface area contributed by atoms with Crippen molar-refractivity contribution in [2.24, 2.45) is 5.92 Å². The van der Waals surface area contributed by atoms with E-state index >= 15 is 0 Å². The van der Waals surface area contributed by atoms with E-state index in [1.165, 1.54) is 19.3 Å². The van der Waals surface area contributed by atoms with E-state index in [4.69, 9.17) is 0 Å². The van der Waals surface area contributed by atoms with Crippen LogP contribution in [0.1, 0.15) is 44.8 Å². The zero-order valence-electron chi connectivity index (χ0n) is 9.61. The molecular formula is C13H20N2. The van der Waals surface area contributed by atoms with Crippen LogP contribution in [0.25, 0.3) is 0 Å². The number of nitrogens with zero attached hydrogens (tertiary/aromatic N) is 1. The van der Waals surface area contributed by atoms with Gasteiger partial charge < -0.3 is 5.32 Å². The molecule has 1 N–H and O–H groups in total. The molecule has 1 aliphatic carbocycles. The zero-order chi connectivity index (χ0) is 10.7. The first-order chi connectivity index (χ1) is 7.25. The minimum atomic E-state index is 0.361. The lowest BCUT2D eigenvalue weighted by Gasteiger charge is -2.19. The molecule has 0 bridgehead atoms. The van der Waals surface area contributed by atoms with Gasteiger partial charge in [0, 0.05) is 18.3 Å². The fourth-order valence-electron chi connectivity index (χ4n) is 2.07. The number of aromatic nitrogens is 1. The lowest BCUT2D eigenvalue weighted by atomic mass is 10.1. The Labute approximate surface area is 92.1 Å². The Hall–Kier alpha value is -0.890. The van der Waals surface area contributed by atoms with Gasteiger partial charge in [0.15, 0.2) is 0 Å². The van der Waals surface area contributed by atoms with Crippen LogP contribution in [0.2, 0.25) is 0 Å². The molecule has 1 aromatic heterocycles. The van der Waals surface area contributed by atoms with Gasteiger partial charge in [0.05, 0.1) is 5.69 Å². The monoisotopic (exact) mass is 204 g/mol. The summed E-state index contributed by atoms with van der Waals surface area (Å²) in [6.07, 6.45) is 6.05. The van der Waals surface area contributed by atoms with Crippen LogP contribution in [-0.2, 0) is 0 Å². The number of pyridine rings is 1. The minimum Gasteiger partial charge on any atom is -0.306 e. The number of hydrogen-bond acceptors (Lipinski definition) is 2. The van der Waals surface area contributed by atoms with Gasteiger partial charge in [0.1, 0.15) is 0 Å². The molecule has 1 saturated carbocycles. The molecule has 1 heterocycles. The first kappa shape index (κ1) is 10.6. The van der Waals surface area contributed by atoms with E-state index in [0.717, 1.165) is 11.6 Å². The summed E-state index contributed by atoms with van der Waals surface area (Å²) in [5, 5.41) is 3.60. The van der Waals surface area contributed by atoms with Gasteiger partial charge in [-0.3, -0.25) is 4.98 Å². The van der Waals surface area contributed by atoms with E-state index in [0.29, 0.717) is 12.1 Å². The lowest BCUT2D eigenvalue weighted by molar-refractivity contribution is 0.433. The highest BCUT2D eigenvalue weighted by Gasteiger charge is 2.24. The van der Waals surface area contributed by atoms with E-state index in [-0.39, 0.29) is 0 Å². The third kappa shape index (κ3) is 3.31. The first-order valence-electron chi connectivity index (χ1n) is 5.92. The molecule has 0 saturated heterocycles. The molecule has 2 rings (SSSR count). The van der Waals surface area contributed by atoms with Crippen molar-refractivity contribution in [3.63, 3.8) is 0 Å². The van der Waals surface area contributed by atoms with Gasteiger partial charge >= 0.3 is 0 Å². The van der Waals surface area contributed by atoms with Crippen molar-refractivity contribution in [3.8, 4) is 0 Å². The van der Waals surface area contributed by atoms with E-state index in [2.05, 4.69) is 30.2 Å². The summed E-state index contributed by atoms with van der Waals surface area (Å²) in [7, 11) is 0. The molecule has 0 spiro atoms. The van der Waals surface area contributed by atoms with Crippen LogP contribution in [0.5, 0.6) is 0 Å². The standard InChI is InChI=1S/C13H20N2/c1-10(9-12-6-7-12)15-11(2)13-5-3-4-8-14-13/h3-5,8,10-12,15H,6-7,9H2,1-2H3/t10?,11-/m0/s1. The highest BCUT2D eigenvalue weighted by atomic mass is 15.0. The van der Waals surface area contributed by atoms with Crippen molar-refractivity contribution < 1.29 is 0 Å². The van der Waals surface area contributed by atoms with Gasteiger partial charge in [0.2, 0.25) is 0 Å². The summed E-state index contributed by atoms with van der Waals surface area (Å²) in [5.74, 6) is 0.989. The van der Waals surface area contributed by atoms with Gasteiger partial charge in [-0.05, 0) is 38.3 Å². The normalized spacial score (nSPS) is 19.9. The molecule has 1 aromatic rings. The third-order valence-electron chi connectivity index (χ3n) is 3.05. The Kier molecular flexibility index (Phi) is 3.37. The molecule has 2 atom stereocenters. The highest BCUT2D eigenvalue weighted by Crippen LogP contribution is 2.33. The summed E-state index contributed by atoms with van der Waals surface area (Å²) in [6.45, 7) is 4.46. The van der Waals surface area contributed by atoms with Crippen molar-refractivity contribution in [1.82, 2.24) is 10.3 Å². The predicted molar refractivity (Wildman–Crippen MR) is 62.6 cm³/mol. The average molecular weight is 204 g/mol. The van der Waals surface area contributed by atoms with E-state index in [1.807, 2.05) is 18.3 Å². The maximum atomic E-state index is 4.36. The van der Waals surface area contributed by atoms with Crippen LogP contribution in [0.4, 0.5) is 0 Å². The lowest BCUT2D eigenvalue weighted by Crippen LogP contribution is -2.29. The van der Waals surface area contributed by atoms with Gasteiger partial charge in [0.25, 0.3) is 0 Å². The van der Waals surface area contributed by atoms with Crippen LogP contribution in [0.15, 0.2) is 24.4 Å². The van der Waals surface area contributed by atoms with Gasteiger partial charge in [-0.2, -0.15) is 0 Å². The molecule has 1 aliphatic rings. The molecule has 2 heteroatoms. The van der Waals surface area contributed by atoms with Gasteiger partial charge in [-0.15, -0.1) is 0 Å². The molecule has 0 aliphatic heterocycles. The second kappa shape index (κ2) is 4.75. The van der Waals surface area contributed by atoms with Crippen LogP contribution in [-0.4, -0.2) is 11.0 Å². The fourth-order valence-corrected chi connectivity index (χ4v) is 2.07. The largest absolute Gasteiger partial charge is 0.306 e. The Morgan fingerprint density at radius 1 is 1.40 bits per heavy atom. The Balaban J connectivity index is 1.82. The van der Waals surface area contributed by atoms with E-state index < -0.39 is 0 Å². The molecular weight excluding hydrogens is 184 g/mol. The number of nitrogens with one attached hydrogen (secondary N) is 1. The van der Waals surface area contributed by atoms with Gasteiger partial charge in [-0.1, -0.05) is 18.9 Å². The molecule has 1 unspecified atom stereocenters. The molecule has 2 nitrogen and oxygen atoms in total. The quantitative estimate of drug-likeness (QED) is 0.797. The molecule has 0 radical (unpaired) electrons. The Bertz CT molecular complexity index is 293. The van der Waals surface area contributed by atoms with Crippen LogP contribution in [0.3, 0.4) is 0 Å². The number of rotatable bonds is 5. The van der Waals surface area contributed by atoms with Crippen molar-refractivity contribution >= 4 is 0 Å². The number of hydrogen-bond donors (Lipinski definition) is 1. The smallest absolute Gasteiger partial charge is 0.0570 e. The first-order valence-corrected chi connectivity index (χ1v) is 5.92. The van der Waals surface area contributed by atoms with Crippen molar-refractivity contribution in [1.29, 1.82) is 0 Å². The summed E-state index contributed by atoms with van der Waals surface area (Å²) in [5.41, 5.74) is 1.14. The Morgan fingerprint density at radius 2 is 2.20 bits per heavy atom. The topological polar surface area (TPSA) is 24.9 Å². The maximum absolute atomic E-state index is 4.36. The molecule has 82 valence electrons. The van der Waals surface area contributed by atoms with Crippen molar-refractivity contribution in [2.45, 2.75) is 45.2 Å².